The van der Waals surface area contributed by atoms with Gasteiger partial charge < -0.3 is 15.8 Å². The van der Waals surface area contributed by atoms with Gasteiger partial charge in [0.05, 0.1) is 18.5 Å². The highest BCUT2D eigenvalue weighted by molar-refractivity contribution is 5.94. The van der Waals surface area contributed by atoms with E-state index in [4.69, 9.17) is 10.5 Å². The number of carbonyl (C=O) groups excluding carboxylic acids is 2. The molecular weight excluding hydrogens is 240 g/mol. The zero-order valence-corrected chi connectivity index (χ0v) is 10.0. The Hall–Kier alpha value is -2.00. The highest BCUT2D eigenvalue weighted by Crippen LogP contribution is 1.90. The molecule has 1 aromatic rings. The number of aromatic nitrogens is 3. The number of rotatable bonds is 6. The number of ether oxygens (including phenoxy) is 1. The van der Waals surface area contributed by atoms with E-state index in [1.807, 2.05) is 0 Å². The summed E-state index contributed by atoms with van der Waals surface area (Å²) in [6.07, 6.45) is 1.54. The Balaban J connectivity index is 2.30. The largest absolute Gasteiger partial charge is 0.383 e. The lowest BCUT2D eigenvalue weighted by Gasteiger charge is -2.05. The van der Waals surface area contributed by atoms with Crippen molar-refractivity contribution in [2.45, 2.75) is 13.1 Å². The van der Waals surface area contributed by atoms with Crippen molar-refractivity contribution in [3.8, 4) is 0 Å². The van der Waals surface area contributed by atoms with Gasteiger partial charge in [-0.25, -0.2) is 9.48 Å². The van der Waals surface area contributed by atoms with E-state index in [1.165, 1.54) is 11.8 Å². The number of nitrogens with one attached hydrogen (secondary N) is 2. The first-order valence-electron chi connectivity index (χ1n) is 5.31. The topological polar surface area (TPSA) is 124 Å². The second-order valence-corrected chi connectivity index (χ2v) is 3.41. The molecule has 0 bridgehead atoms. The number of imide groups is 1. The third-order valence-corrected chi connectivity index (χ3v) is 1.95. The van der Waals surface area contributed by atoms with Crippen LogP contribution in [0.5, 0.6) is 0 Å². The maximum atomic E-state index is 11.4. The average molecular weight is 256 g/mol. The van der Waals surface area contributed by atoms with Crippen LogP contribution in [0.3, 0.4) is 0 Å². The van der Waals surface area contributed by atoms with Gasteiger partial charge in [0.15, 0.2) is 0 Å². The Kier molecular flexibility index (Phi) is 5.74. The highest BCUT2D eigenvalue weighted by Gasteiger charge is 2.09. The Morgan fingerprint density at radius 1 is 1.56 bits per heavy atom. The van der Waals surface area contributed by atoms with Crippen molar-refractivity contribution in [3.63, 3.8) is 0 Å². The van der Waals surface area contributed by atoms with Crippen LogP contribution in [0.15, 0.2) is 6.20 Å². The van der Waals surface area contributed by atoms with Gasteiger partial charge in [-0.15, -0.1) is 5.10 Å². The molecule has 9 heteroatoms. The molecule has 0 spiro atoms. The summed E-state index contributed by atoms with van der Waals surface area (Å²) in [6, 6.07) is -0.573. The molecule has 9 nitrogen and oxygen atoms in total. The minimum atomic E-state index is -0.573. The minimum absolute atomic E-state index is 0.0926. The summed E-state index contributed by atoms with van der Waals surface area (Å²) in [5.74, 6) is -0.488. The Labute approximate surface area is 104 Å². The second-order valence-electron chi connectivity index (χ2n) is 3.41. The number of nitrogens with zero attached hydrogens (tertiary/aromatic N) is 3. The van der Waals surface area contributed by atoms with Crippen molar-refractivity contribution in [1.29, 1.82) is 0 Å². The SMILES string of the molecule is COCCNC(=O)NC(=O)Cn1cc(CN)nn1. The maximum absolute atomic E-state index is 11.4. The number of carbonyl (C=O) groups is 2. The van der Waals surface area contributed by atoms with Crippen molar-refractivity contribution in [1.82, 2.24) is 25.6 Å². The fraction of sp³-hybridized carbons (Fsp3) is 0.556. The molecule has 0 saturated carbocycles. The summed E-state index contributed by atoms with van der Waals surface area (Å²) in [5.41, 5.74) is 5.93. The third-order valence-electron chi connectivity index (χ3n) is 1.95. The number of nitrogens with two attached hydrogens (primary N) is 1. The van der Waals surface area contributed by atoms with E-state index in [2.05, 4.69) is 20.9 Å². The van der Waals surface area contributed by atoms with E-state index in [1.54, 1.807) is 6.20 Å². The molecule has 0 atom stereocenters. The van der Waals surface area contributed by atoms with E-state index < -0.39 is 11.9 Å². The summed E-state index contributed by atoms with van der Waals surface area (Å²) in [5, 5.41) is 12.0. The van der Waals surface area contributed by atoms with Gasteiger partial charge in [0.2, 0.25) is 5.91 Å². The predicted octanol–water partition coefficient (Wildman–Crippen LogP) is -1.79. The summed E-state index contributed by atoms with van der Waals surface area (Å²) < 4.78 is 6.05. The Morgan fingerprint density at radius 3 is 2.94 bits per heavy atom. The molecule has 0 aliphatic rings. The van der Waals surface area contributed by atoms with E-state index >= 15 is 0 Å². The number of hydrogen-bond donors (Lipinski definition) is 3. The van der Waals surface area contributed by atoms with Gasteiger partial charge in [0, 0.05) is 20.2 Å². The first-order valence-corrected chi connectivity index (χ1v) is 5.31. The van der Waals surface area contributed by atoms with E-state index in [0.29, 0.717) is 18.8 Å². The van der Waals surface area contributed by atoms with Crippen molar-refractivity contribution in [2.75, 3.05) is 20.3 Å². The summed E-state index contributed by atoms with van der Waals surface area (Å²) in [4.78, 5) is 22.6. The quantitative estimate of drug-likeness (QED) is 0.516. The van der Waals surface area contributed by atoms with Crippen molar-refractivity contribution in [3.05, 3.63) is 11.9 Å². The first-order chi connectivity index (χ1) is 8.65. The van der Waals surface area contributed by atoms with E-state index in [-0.39, 0.29) is 13.1 Å². The maximum Gasteiger partial charge on any atom is 0.321 e. The number of amides is 3. The van der Waals surface area contributed by atoms with Crippen LogP contribution in [0.25, 0.3) is 0 Å². The molecule has 3 amide bonds. The average Bonchev–Trinajstić information content (AvgIpc) is 2.76. The van der Waals surface area contributed by atoms with E-state index in [9.17, 15) is 9.59 Å². The van der Waals surface area contributed by atoms with Crippen molar-refractivity contribution >= 4 is 11.9 Å². The first kappa shape index (κ1) is 14.1. The van der Waals surface area contributed by atoms with Gasteiger partial charge in [-0.3, -0.25) is 10.1 Å². The Bertz CT molecular complexity index is 405. The normalized spacial score (nSPS) is 10.1. The second kappa shape index (κ2) is 7.35. The fourth-order valence-corrected chi connectivity index (χ4v) is 1.13. The molecule has 0 aliphatic heterocycles. The highest BCUT2D eigenvalue weighted by atomic mass is 16.5. The van der Waals surface area contributed by atoms with Gasteiger partial charge in [0.25, 0.3) is 0 Å². The standard InChI is InChI=1S/C9H16N6O3/c1-18-3-2-11-9(17)12-8(16)6-15-5-7(4-10)13-14-15/h5H,2-4,6,10H2,1H3,(H2,11,12,16,17). The number of methoxy groups -OCH3 is 1. The molecule has 4 N–H and O–H groups in total. The Morgan fingerprint density at radius 2 is 2.33 bits per heavy atom. The summed E-state index contributed by atoms with van der Waals surface area (Å²) >= 11 is 0. The molecule has 0 unspecified atom stereocenters. The molecule has 1 heterocycles. The van der Waals surface area contributed by atoms with Gasteiger partial charge in [-0.05, 0) is 0 Å². The van der Waals surface area contributed by atoms with Crippen LogP contribution < -0.4 is 16.4 Å². The molecule has 0 fully saturated rings. The zero-order valence-electron chi connectivity index (χ0n) is 10.0. The van der Waals surface area contributed by atoms with Crippen LogP contribution in [-0.2, 0) is 22.6 Å². The fourth-order valence-electron chi connectivity index (χ4n) is 1.13. The van der Waals surface area contributed by atoms with Crippen LogP contribution in [0.4, 0.5) is 4.79 Å². The van der Waals surface area contributed by atoms with Gasteiger partial charge in [-0.2, -0.15) is 0 Å². The lowest BCUT2D eigenvalue weighted by molar-refractivity contribution is -0.120. The summed E-state index contributed by atoms with van der Waals surface area (Å²) in [6.45, 7) is 0.866. The smallest absolute Gasteiger partial charge is 0.321 e. The van der Waals surface area contributed by atoms with Gasteiger partial charge in [-0.1, -0.05) is 5.21 Å². The van der Waals surface area contributed by atoms with Crippen LogP contribution in [0.2, 0.25) is 0 Å². The van der Waals surface area contributed by atoms with E-state index in [0.717, 1.165) is 0 Å². The predicted molar refractivity (Wildman–Crippen MR) is 61.3 cm³/mol. The van der Waals surface area contributed by atoms with Crippen molar-refractivity contribution in [2.24, 2.45) is 5.73 Å². The molecule has 0 radical (unpaired) electrons. The molecule has 0 aliphatic carbocycles. The van der Waals surface area contributed by atoms with Crippen LogP contribution in [-0.4, -0.2) is 47.2 Å². The lowest BCUT2D eigenvalue weighted by atomic mass is 10.5. The number of urea groups is 1. The third kappa shape index (κ3) is 4.89. The van der Waals surface area contributed by atoms with Gasteiger partial charge in [0.1, 0.15) is 6.54 Å². The van der Waals surface area contributed by atoms with Crippen molar-refractivity contribution < 1.29 is 14.3 Å². The molecule has 1 aromatic heterocycles. The molecule has 100 valence electrons. The lowest BCUT2D eigenvalue weighted by Crippen LogP contribution is -2.42. The van der Waals surface area contributed by atoms with Crippen LogP contribution in [0.1, 0.15) is 5.69 Å². The molecule has 18 heavy (non-hydrogen) atoms. The van der Waals surface area contributed by atoms with Crippen LogP contribution in [0, 0.1) is 0 Å². The molecule has 0 aromatic carbocycles. The molecular formula is C9H16N6O3. The monoisotopic (exact) mass is 256 g/mol. The van der Waals surface area contributed by atoms with Crippen LogP contribution >= 0.6 is 0 Å². The minimum Gasteiger partial charge on any atom is -0.383 e. The number of hydrogen-bond acceptors (Lipinski definition) is 6. The molecule has 1 rings (SSSR count). The molecule has 0 saturated heterocycles. The van der Waals surface area contributed by atoms with Gasteiger partial charge >= 0.3 is 6.03 Å². The summed E-state index contributed by atoms with van der Waals surface area (Å²) in [7, 11) is 1.52. The zero-order chi connectivity index (χ0) is 13.4.